The molecule has 0 bridgehead atoms. The lowest BCUT2D eigenvalue weighted by atomic mass is 10.1. The highest BCUT2D eigenvalue weighted by Crippen LogP contribution is 2.52. The zero-order valence-electron chi connectivity index (χ0n) is 23.0. The van der Waals surface area contributed by atoms with E-state index in [1.165, 1.54) is 10.1 Å². The number of aromatic nitrogens is 2. The van der Waals surface area contributed by atoms with Crippen molar-refractivity contribution in [2.75, 3.05) is 51.1 Å². The van der Waals surface area contributed by atoms with Crippen molar-refractivity contribution in [2.24, 2.45) is 29.2 Å². The van der Waals surface area contributed by atoms with Crippen molar-refractivity contribution in [3.63, 3.8) is 0 Å². The minimum atomic E-state index is -0.944. The highest BCUT2D eigenvalue weighted by molar-refractivity contribution is 5.89. The maximum Gasteiger partial charge on any atom is 0.354 e. The second-order valence-corrected chi connectivity index (χ2v) is 11.8. The number of likely N-dealkylation sites (tertiary alicyclic amines) is 1. The Morgan fingerprint density at radius 3 is 2.23 bits per heavy atom. The molecular weight excluding hydrogens is 496 g/mol. The van der Waals surface area contributed by atoms with Gasteiger partial charge < -0.3 is 26.2 Å². The number of fused-ring (bicyclic) bond motifs is 1. The highest BCUT2D eigenvalue weighted by Gasteiger charge is 2.56. The number of nitrogens with one attached hydrogen (secondary N) is 1. The summed E-state index contributed by atoms with van der Waals surface area (Å²) >= 11 is 0. The summed E-state index contributed by atoms with van der Waals surface area (Å²) in [6, 6.07) is 9.51. The van der Waals surface area contributed by atoms with Crippen molar-refractivity contribution in [2.45, 2.75) is 38.8 Å². The quantitative estimate of drug-likeness (QED) is 0.473. The zero-order chi connectivity index (χ0) is 27.9. The molecule has 2 aromatic rings. The average Bonchev–Trinajstić information content (AvgIpc) is 3.42. The number of carbonyl (C=O) groups excluding carboxylic acids is 2. The van der Waals surface area contributed by atoms with Crippen LogP contribution >= 0.6 is 0 Å². The second kappa shape index (κ2) is 10.7. The number of hydrogen-bond donors (Lipinski definition) is 3. The molecule has 2 saturated heterocycles. The van der Waals surface area contributed by atoms with Gasteiger partial charge in [0.15, 0.2) is 0 Å². The van der Waals surface area contributed by atoms with Crippen LogP contribution in [0.3, 0.4) is 0 Å². The van der Waals surface area contributed by atoms with Crippen LogP contribution < -0.4 is 22.5 Å². The van der Waals surface area contributed by atoms with Crippen molar-refractivity contribution in [3.8, 4) is 5.69 Å². The molecule has 3 amide bonds. The normalized spacial score (nSPS) is 23.9. The number of rotatable bonds is 7. The van der Waals surface area contributed by atoms with Crippen molar-refractivity contribution >= 4 is 17.8 Å². The molecule has 2 unspecified atom stereocenters. The van der Waals surface area contributed by atoms with Crippen molar-refractivity contribution in [1.29, 1.82) is 0 Å². The molecule has 11 heteroatoms. The molecule has 5 N–H and O–H groups in total. The summed E-state index contributed by atoms with van der Waals surface area (Å²) in [5, 5.41) is 2.70. The Morgan fingerprint density at radius 2 is 1.67 bits per heavy atom. The Balaban J connectivity index is 1.11. The number of benzene rings is 1. The molecule has 0 radical (unpaired) electrons. The lowest BCUT2D eigenvalue weighted by Crippen LogP contribution is -2.58. The average molecular weight is 537 g/mol. The van der Waals surface area contributed by atoms with E-state index in [2.05, 4.69) is 34.3 Å². The standard InChI is InChI=1S/C28H40N8O3/c1-18(29)24-21-16-33(17-22(21)24)10-8-19-4-6-20(7-5-19)36-11-9-23(32-27(36)39)31-26(38)35-14-12-34(13-15-35)25(37)28(2,3)30/h4-7,9,11,18,21-22,24H,8,10,12-17,29-30H2,1-3H3,(H,31,32,38,39)/t18?,21-,22+,24?. The predicted octanol–water partition coefficient (Wildman–Crippen LogP) is 0.713. The van der Waals surface area contributed by atoms with Gasteiger partial charge in [0, 0.05) is 58.1 Å². The monoisotopic (exact) mass is 536 g/mol. The first-order chi connectivity index (χ1) is 18.5. The van der Waals surface area contributed by atoms with E-state index < -0.39 is 11.2 Å². The number of piperazine rings is 1. The Labute approximate surface area is 229 Å². The first kappa shape index (κ1) is 27.3. The van der Waals surface area contributed by atoms with Gasteiger partial charge in [0.05, 0.1) is 11.2 Å². The molecular formula is C28H40N8O3. The van der Waals surface area contributed by atoms with Crippen LogP contribution in [0.25, 0.3) is 5.69 Å². The Kier molecular flexibility index (Phi) is 7.49. The Hall–Kier alpha value is -3.28. The number of anilines is 1. The smallest absolute Gasteiger partial charge is 0.338 e. The third-order valence-corrected chi connectivity index (χ3v) is 8.32. The van der Waals surface area contributed by atoms with E-state index in [0.29, 0.717) is 38.1 Å². The van der Waals surface area contributed by atoms with Crippen LogP contribution in [0.1, 0.15) is 26.3 Å². The van der Waals surface area contributed by atoms with Crippen LogP contribution in [0.2, 0.25) is 0 Å². The number of amides is 3. The minimum Gasteiger partial charge on any atom is -0.338 e. The van der Waals surface area contributed by atoms with Crippen molar-refractivity contribution in [3.05, 3.63) is 52.6 Å². The van der Waals surface area contributed by atoms with Crippen LogP contribution in [0.15, 0.2) is 41.3 Å². The first-order valence-electron chi connectivity index (χ1n) is 13.8. The van der Waals surface area contributed by atoms with Gasteiger partial charge in [0.1, 0.15) is 5.82 Å². The molecule has 1 aromatic carbocycles. The second-order valence-electron chi connectivity index (χ2n) is 11.8. The van der Waals surface area contributed by atoms with Gasteiger partial charge in [-0.2, -0.15) is 4.98 Å². The van der Waals surface area contributed by atoms with Crippen LogP contribution in [-0.2, 0) is 11.2 Å². The molecule has 3 aliphatic rings. The molecule has 1 aliphatic carbocycles. The van der Waals surface area contributed by atoms with Gasteiger partial charge in [-0.05, 0) is 68.7 Å². The topological polar surface area (TPSA) is 143 Å². The summed E-state index contributed by atoms with van der Waals surface area (Å²) in [5.41, 5.74) is 12.5. The van der Waals surface area contributed by atoms with E-state index in [1.807, 2.05) is 12.1 Å². The maximum absolute atomic E-state index is 12.7. The first-order valence-corrected chi connectivity index (χ1v) is 13.8. The van der Waals surface area contributed by atoms with E-state index in [1.54, 1.807) is 35.9 Å². The molecule has 5 rings (SSSR count). The van der Waals surface area contributed by atoms with Gasteiger partial charge in [0.2, 0.25) is 5.91 Å². The van der Waals surface area contributed by atoms with Gasteiger partial charge in [-0.1, -0.05) is 12.1 Å². The predicted molar refractivity (Wildman–Crippen MR) is 150 cm³/mol. The minimum absolute atomic E-state index is 0.139. The van der Waals surface area contributed by atoms with Crippen molar-refractivity contribution < 1.29 is 9.59 Å². The van der Waals surface area contributed by atoms with Gasteiger partial charge >= 0.3 is 11.7 Å². The molecule has 4 atom stereocenters. The molecule has 1 saturated carbocycles. The molecule has 39 heavy (non-hydrogen) atoms. The summed E-state index contributed by atoms with van der Waals surface area (Å²) in [7, 11) is 0. The van der Waals surface area contributed by atoms with E-state index in [9.17, 15) is 14.4 Å². The van der Waals surface area contributed by atoms with Crippen molar-refractivity contribution in [1.82, 2.24) is 24.3 Å². The van der Waals surface area contributed by atoms with E-state index in [4.69, 9.17) is 11.5 Å². The molecule has 210 valence electrons. The van der Waals surface area contributed by atoms with E-state index >= 15 is 0 Å². The largest absolute Gasteiger partial charge is 0.354 e. The molecule has 0 spiro atoms. The Morgan fingerprint density at radius 1 is 1.05 bits per heavy atom. The number of nitrogens with zero attached hydrogens (tertiary/aromatic N) is 5. The fourth-order valence-electron chi connectivity index (χ4n) is 6.11. The lowest BCUT2D eigenvalue weighted by molar-refractivity contribution is -0.137. The fourth-order valence-corrected chi connectivity index (χ4v) is 6.11. The third kappa shape index (κ3) is 6.00. The third-order valence-electron chi connectivity index (χ3n) is 8.32. The summed E-state index contributed by atoms with van der Waals surface area (Å²) in [5.74, 6) is 2.33. The lowest BCUT2D eigenvalue weighted by Gasteiger charge is -2.37. The summed E-state index contributed by atoms with van der Waals surface area (Å²) in [6.07, 6.45) is 2.58. The Bertz CT molecular complexity index is 1250. The number of piperidine rings is 1. The van der Waals surface area contributed by atoms with Gasteiger partial charge in [-0.3, -0.25) is 14.7 Å². The fraction of sp³-hybridized carbons (Fsp3) is 0.571. The van der Waals surface area contributed by atoms with Gasteiger partial charge in [0.25, 0.3) is 0 Å². The van der Waals surface area contributed by atoms with Gasteiger partial charge in [-0.15, -0.1) is 0 Å². The van der Waals surface area contributed by atoms with Crippen LogP contribution in [0.4, 0.5) is 10.6 Å². The number of nitrogens with two attached hydrogens (primary N) is 2. The van der Waals surface area contributed by atoms with E-state index in [-0.39, 0.29) is 17.8 Å². The van der Waals surface area contributed by atoms with E-state index in [0.717, 1.165) is 43.6 Å². The zero-order valence-corrected chi connectivity index (χ0v) is 23.0. The molecule has 1 aromatic heterocycles. The van der Waals surface area contributed by atoms with Crippen LogP contribution in [-0.4, -0.2) is 93.6 Å². The molecule has 11 nitrogen and oxygen atoms in total. The number of carbonyl (C=O) groups is 2. The van der Waals surface area contributed by atoms with Crippen LogP contribution in [0, 0.1) is 17.8 Å². The molecule has 3 heterocycles. The number of hydrogen-bond acceptors (Lipinski definition) is 7. The molecule has 3 fully saturated rings. The highest BCUT2D eigenvalue weighted by atomic mass is 16.2. The SMILES string of the molecule is CC(N)C1[C@H]2CN(CCc3ccc(-n4ccc(NC(=O)N5CCN(C(=O)C(C)(C)N)CC5)nc4=O)cc3)C[C@@H]12. The summed E-state index contributed by atoms with van der Waals surface area (Å²) in [4.78, 5) is 47.6. The van der Waals surface area contributed by atoms with Crippen LogP contribution in [0.5, 0.6) is 0 Å². The summed E-state index contributed by atoms with van der Waals surface area (Å²) < 4.78 is 1.46. The number of urea groups is 1. The summed E-state index contributed by atoms with van der Waals surface area (Å²) in [6.45, 7) is 10.4. The molecule has 2 aliphatic heterocycles. The van der Waals surface area contributed by atoms with Gasteiger partial charge in [-0.25, -0.2) is 9.59 Å². The maximum atomic E-state index is 12.7.